The predicted molar refractivity (Wildman–Crippen MR) is 65.7 cm³/mol. The number of nitrogens with zero attached hydrogens (tertiary/aromatic N) is 2. The molecule has 0 bridgehead atoms. The minimum Gasteiger partial charge on any atom is -0.480 e. The summed E-state index contributed by atoms with van der Waals surface area (Å²) in [6.07, 6.45) is 0. The van der Waals surface area contributed by atoms with Crippen molar-refractivity contribution >= 4 is 23.3 Å². The van der Waals surface area contributed by atoms with Gasteiger partial charge in [-0.05, 0) is 0 Å². The van der Waals surface area contributed by atoms with Gasteiger partial charge in [-0.15, -0.1) is 0 Å². The highest BCUT2D eigenvalue weighted by Crippen LogP contribution is 2.22. The zero-order valence-corrected chi connectivity index (χ0v) is 10.3. The Morgan fingerprint density at radius 1 is 1.14 bits per heavy atom. The van der Waals surface area contributed by atoms with Crippen LogP contribution in [-0.2, 0) is 4.79 Å². The Bertz CT molecular complexity index is 582. The lowest BCUT2D eigenvalue weighted by Gasteiger charge is -2.11. The molecule has 11 nitrogen and oxygen atoms in total. The van der Waals surface area contributed by atoms with Gasteiger partial charge in [-0.1, -0.05) is 0 Å². The summed E-state index contributed by atoms with van der Waals surface area (Å²) in [5.74, 6) is -2.62. The summed E-state index contributed by atoms with van der Waals surface area (Å²) in [7, 11) is 0. The van der Waals surface area contributed by atoms with E-state index in [0.717, 1.165) is 12.1 Å². The third-order valence-corrected chi connectivity index (χ3v) is 2.37. The molecule has 1 amide bonds. The molecule has 21 heavy (non-hydrogen) atoms. The van der Waals surface area contributed by atoms with E-state index >= 15 is 0 Å². The van der Waals surface area contributed by atoms with Gasteiger partial charge in [0.05, 0.1) is 28.1 Å². The van der Waals surface area contributed by atoms with Crippen LogP contribution in [0, 0.1) is 20.2 Å². The van der Waals surface area contributed by atoms with Gasteiger partial charge in [0.25, 0.3) is 17.3 Å². The Morgan fingerprint density at radius 2 is 1.62 bits per heavy atom. The molecular formula is C10H9N3O8. The first-order valence-corrected chi connectivity index (χ1v) is 5.34. The highest BCUT2D eigenvalue weighted by Gasteiger charge is 2.23. The number of nitro groups is 2. The van der Waals surface area contributed by atoms with E-state index in [2.05, 4.69) is 0 Å². The summed E-state index contributed by atoms with van der Waals surface area (Å²) in [5, 5.41) is 40.6. The summed E-state index contributed by atoms with van der Waals surface area (Å²) in [6.45, 7) is -0.905. The van der Waals surface area contributed by atoms with E-state index in [1.807, 2.05) is 5.32 Å². The van der Waals surface area contributed by atoms with Gasteiger partial charge >= 0.3 is 5.97 Å². The Morgan fingerprint density at radius 3 is 1.95 bits per heavy atom. The van der Waals surface area contributed by atoms with E-state index in [0.29, 0.717) is 6.07 Å². The highest BCUT2D eigenvalue weighted by atomic mass is 16.6. The molecular weight excluding hydrogens is 290 g/mol. The van der Waals surface area contributed by atoms with Crippen molar-refractivity contribution < 1.29 is 29.6 Å². The molecule has 0 aliphatic rings. The first-order valence-electron chi connectivity index (χ1n) is 5.34. The number of aliphatic hydroxyl groups excluding tert-OH is 1. The van der Waals surface area contributed by atoms with E-state index < -0.39 is 51.3 Å². The molecule has 1 rings (SSSR count). The van der Waals surface area contributed by atoms with E-state index in [-0.39, 0.29) is 0 Å². The third kappa shape index (κ3) is 3.94. The Kier molecular flexibility index (Phi) is 4.86. The number of carbonyl (C=O) groups is 2. The first-order chi connectivity index (χ1) is 9.76. The van der Waals surface area contributed by atoms with Gasteiger partial charge in [-0.2, -0.15) is 0 Å². The summed E-state index contributed by atoms with van der Waals surface area (Å²) >= 11 is 0. The molecule has 11 heteroatoms. The van der Waals surface area contributed by atoms with Gasteiger partial charge in [0.2, 0.25) is 0 Å². The molecule has 0 spiro atoms. The van der Waals surface area contributed by atoms with Crippen molar-refractivity contribution in [1.82, 2.24) is 5.32 Å². The van der Waals surface area contributed by atoms with Crippen LogP contribution in [0.1, 0.15) is 10.4 Å². The summed E-state index contributed by atoms with van der Waals surface area (Å²) in [4.78, 5) is 41.9. The number of rotatable bonds is 6. The van der Waals surface area contributed by atoms with Crippen LogP contribution in [0.15, 0.2) is 18.2 Å². The minimum atomic E-state index is -1.63. The van der Waals surface area contributed by atoms with E-state index in [4.69, 9.17) is 10.2 Å². The number of hydrogen-bond acceptors (Lipinski definition) is 7. The van der Waals surface area contributed by atoms with Crippen LogP contribution in [0.3, 0.4) is 0 Å². The zero-order valence-electron chi connectivity index (χ0n) is 10.3. The molecule has 0 saturated carbocycles. The van der Waals surface area contributed by atoms with Crippen molar-refractivity contribution in [1.29, 1.82) is 0 Å². The van der Waals surface area contributed by atoms with Gasteiger partial charge in [-0.25, -0.2) is 4.79 Å². The molecule has 1 atom stereocenters. The van der Waals surface area contributed by atoms with Gasteiger partial charge in [-0.3, -0.25) is 25.0 Å². The van der Waals surface area contributed by atoms with E-state index in [9.17, 15) is 29.8 Å². The molecule has 0 aliphatic carbocycles. The van der Waals surface area contributed by atoms with Gasteiger partial charge < -0.3 is 15.5 Å². The van der Waals surface area contributed by atoms with Crippen molar-refractivity contribution in [3.8, 4) is 0 Å². The lowest BCUT2D eigenvalue weighted by Crippen LogP contribution is -2.43. The molecule has 0 aromatic heterocycles. The molecule has 0 aliphatic heterocycles. The number of non-ortho nitro benzene ring substituents is 2. The average molecular weight is 299 g/mol. The largest absolute Gasteiger partial charge is 0.480 e. The minimum absolute atomic E-state index is 0.462. The number of nitrogens with one attached hydrogen (secondary N) is 1. The van der Waals surface area contributed by atoms with Crippen LogP contribution in [-0.4, -0.2) is 44.6 Å². The molecule has 0 saturated heterocycles. The molecule has 0 fully saturated rings. The molecule has 0 heterocycles. The fourth-order valence-corrected chi connectivity index (χ4v) is 1.36. The highest BCUT2D eigenvalue weighted by molar-refractivity contribution is 5.97. The standard InChI is InChI=1S/C10H9N3O8/c14-4-8(10(16)17)11-9(15)5-1-6(12(18)19)3-7(2-5)13(20)21/h1-3,8,14H,4H2,(H,11,15)(H,16,17)/t8-/m0/s1. The quantitative estimate of drug-likeness (QED) is 0.473. The van der Waals surface area contributed by atoms with Crippen molar-refractivity contribution in [2.45, 2.75) is 6.04 Å². The lowest BCUT2D eigenvalue weighted by atomic mass is 10.1. The van der Waals surface area contributed by atoms with Crippen LogP contribution in [0.2, 0.25) is 0 Å². The molecule has 3 N–H and O–H groups in total. The van der Waals surface area contributed by atoms with Gasteiger partial charge in [0.1, 0.15) is 0 Å². The topological polar surface area (TPSA) is 173 Å². The summed E-state index contributed by atoms with van der Waals surface area (Å²) < 4.78 is 0. The van der Waals surface area contributed by atoms with Crippen molar-refractivity contribution in [3.63, 3.8) is 0 Å². The number of nitro benzene ring substituents is 2. The zero-order chi connectivity index (χ0) is 16.2. The first kappa shape index (κ1) is 16.0. The Hall–Kier alpha value is -3.08. The number of carboxylic acid groups (broad SMARTS) is 1. The van der Waals surface area contributed by atoms with Crippen molar-refractivity contribution in [2.24, 2.45) is 0 Å². The number of aliphatic hydroxyl groups is 1. The second kappa shape index (κ2) is 6.38. The number of aliphatic carboxylic acids is 1. The SMILES string of the molecule is O=C(N[C@@H](CO)C(=O)O)c1cc([N+](=O)[O-])cc([N+](=O)[O-])c1. The molecule has 1 aromatic rings. The molecule has 0 radical (unpaired) electrons. The van der Waals surface area contributed by atoms with Crippen LogP contribution >= 0.6 is 0 Å². The van der Waals surface area contributed by atoms with Crippen LogP contribution in [0.5, 0.6) is 0 Å². The lowest BCUT2D eigenvalue weighted by molar-refractivity contribution is -0.394. The maximum atomic E-state index is 11.7. The normalized spacial score (nSPS) is 11.5. The van der Waals surface area contributed by atoms with Crippen LogP contribution < -0.4 is 5.32 Å². The number of hydrogen-bond donors (Lipinski definition) is 3. The van der Waals surface area contributed by atoms with Gasteiger partial charge in [0, 0.05) is 12.1 Å². The maximum absolute atomic E-state index is 11.7. The maximum Gasteiger partial charge on any atom is 0.328 e. The second-order valence-corrected chi connectivity index (χ2v) is 3.80. The van der Waals surface area contributed by atoms with Gasteiger partial charge in [0.15, 0.2) is 6.04 Å². The summed E-state index contributed by atoms with van der Waals surface area (Å²) in [6, 6.07) is 0.560. The van der Waals surface area contributed by atoms with Crippen molar-refractivity contribution in [2.75, 3.05) is 6.61 Å². The average Bonchev–Trinajstić information content (AvgIpc) is 2.43. The van der Waals surface area contributed by atoms with Crippen molar-refractivity contribution in [3.05, 3.63) is 44.0 Å². The Labute approximate surface area is 116 Å². The molecule has 0 unspecified atom stereocenters. The number of benzene rings is 1. The van der Waals surface area contributed by atoms with Crippen LogP contribution in [0.4, 0.5) is 11.4 Å². The third-order valence-electron chi connectivity index (χ3n) is 2.37. The second-order valence-electron chi connectivity index (χ2n) is 3.80. The number of amides is 1. The number of carboxylic acids is 1. The van der Waals surface area contributed by atoms with Crippen LogP contribution in [0.25, 0.3) is 0 Å². The fourth-order valence-electron chi connectivity index (χ4n) is 1.36. The van der Waals surface area contributed by atoms with E-state index in [1.165, 1.54) is 0 Å². The smallest absolute Gasteiger partial charge is 0.328 e. The number of carbonyl (C=O) groups excluding carboxylic acids is 1. The monoisotopic (exact) mass is 299 g/mol. The van der Waals surface area contributed by atoms with E-state index in [1.54, 1.807) is 0 Å². The molecule has 112 valence electrons. The Balaban J connectivity index is 3.16. The predicted octanol–water partition coefficient (Wildman–Crippen LogP) is -0.322. The molecule has 1 aromatic carbocycles. The fraction of sp³-hybridized carbons (Fsp3) is 0.200. The summed E-state index contributed by atoms with van der Waals surface area (Å²) in [5.41, 5.74) is -1.84.